The number of aromatic nitrogens is 2. The summed E-state index contributed by atoms with van der Waals surface area (Å²) in [5, 5.41) is 0.217. The number of rotatable bonds is 5. The maximum Gasteiger partial charge on any atom is 0.201 e. The molecule has 0 unspecified atom stereocenters. The first-order chi connectivity index (χ1) is 12.6. The van der Waals surface area contributed by atoms with Crippen molar-refractivity contribution in [3.63, 3.8) is 0 Å². The van der Waals surface area contributed by atoms with Gasteiger partial charge in [-0.25, -0.2) is 4.98 Å². The van der Waals surface area contributed by atoms with Crippen molar-refractivity contribution in [3.8, 4) is 5.75 Å². The molecule has 1 aliphatic carbocycles. The van der Waals surface area contributed by atoms with E-state index in [0.717, 1.165) is 42.5 Å². The van der Waals surface area contributed by atoms with Gasteiger partial charge in [0.15, 0.2) is 14.1 Å². The molecule has 1 saturated carbocycles. The molecule has 0 aliphatic heterocycles. The van der Waals surface area contributed by atoms with Crippen LogP contribution in [0, 0.1) is 5.92 Å². The summed E-state index contributed by atoms with van der Waals surface area (Å²) in [6, 6.07) is 5.62. The molecule has 2 aromatic rings. The monoisotopic (exact) mass is 388 g/mol. The second kappa shape index (κ2) is 7.39. The van der Waals surface area contributed by atoms with Crippen LogP contribution in [0.15, 0.2) is 18.2 Å². The first kappa shape index (κ1) is 20.1. The van der Waals surface area contributed by atoms with Crippen LogP contribution in [0.25, 0.3) is 11.0 Å². The smallest absolute Gasteiger partial charge is 0.201 e. The third-order valence-electron chi connectivity index (χ3n) is 6.23. The maximum absolute atomic E-state index is 12.9. The molecule has 5 nitrogen and oxygen atoms in total. The molecule has 1 N–H and O–H groups in total. The molecule has 1 aromatic heterocycles. The number of hydrogen-bond donors (Lipinski definition) is 1. The van der Waals surface area contributed by atoms with Gasteiger partial charge in [-0.2, -0.15) is 0 Å². The Morgan fingerprint density at radius 2 is 1.85 bits per heavy atom. The molecule has 27 heavy (non-hydrogen) atoms. The van der Waals surface area contributed by atoms with Gasteiger partial charge in [-0.15, -0.1) is 0 Å². The third-order valence-corrected chi connectivity index (χ3v) is 10.8. The number of methoxy groups -OCH3 is 1. The van der Waals surface area contributed by atoms with Crippen molar-refractivity contribution < 1.29 is 14.0 Å². The topological polar surface area (TPSA) is 64.2 Å². The Kier molecular flexibility index (Phi) is 5.50. The van der Waals surface area contributed by atoms with Gasteiger partial charge in [0.05, 0.1) is 18.1 Å². The lowest BCUT2D eigenvalue weighted by atomic mass is 9.84. The Bertz CT molecular complexity index is 814. The van der Waals surface area contributed by atoms with Crippen LogP contribution < -0.4 is 4.74 Å². The number of imidazole rings is 1. The van der Waals surface area contributed by atoms with Crippen LogP contribution in [-0.2, 0) is 4.43 Å². The number of ether oxygens (including phenoxy) is 1. The Morgan fingerprint density at radius 1 is 1.19 bits per heavy atom. The predicted octanol–water partition coefficient (Wildman–Crippen LogP) is 5.33. The summed E-state index contributed by atoms with van der Waals surface area (Å²) in [5.74, 6) is 1.38. The average Bonchev–Trinajstić information content (AvgIpc) is 3.03. The van der Waals surface area contributed by atoms with Gasteiger partial charge in [0.25, 0.3) is 0 Å². The average molecular weight is 389 g/mol. The number of benzene rings is 1. The lowest BCUT2D eigenvalue weighted by Gasteiger charge is -2.41. The number of H-pyrrole nitrogens is 1. The Labute approximate surface area is 163 Å². The molecule has 148 valence electrons. The molecule has 1 aliphatic rings. The fourth-order valence-electron chi connectivity index (χ4n) is 3.46. The van der Waals surface area contributed by atoms with E-state index in [1.54, 1.807) is 7.11 Å². The van der Waals surface area contributed by atoms with Crippen molar-refractivity contribution in [3.05, 3.63) is 24.0 Å². The third kappa shape index (κ3) is 4.27. The normalized spacial score (nSPS) is 21.4. The predicted molar refractivity (Wildman–Crippen MR) is 111 cm³/mol. The summed E-state index contributed by atoms with van der Waals surface area (Å²) in [7, 11) is -0.119. The van der Waals surface area contributed by atoms with Crippen molar-refractivity contribution in [2.45, 2.75) is 70.7 Å². The minimum absolute atomic E-state index is 0.0340. The van der Waals surface area contributed by atoms with Gasteiger partial charge in [0.1, 0.15) is 5.75 Å². The van der Waals surface area contributed by atoms with Crippen molar-refractivity contribution in [2.24, 2.45) is 5.92 Å². The molecular formula is C21H32N2O3Si. The van der Waals surface area contributed by atoms with Gasteiger partial charge in [0, 0.05) is 18.1 Å². The fourth-order valence-corrected chi connectivity index (χ4v) is 4.88. The van der Waals surface area contributed by atoms with Crippen LogP contribution in [0.3, 0.4) is 0 Å². The summed E-state index contributed by atoms with van der Waals surface area (Å²) in [6.07, 6.45) is 3.94. The summed E-state index contributed by atoms with van der Waals surface area (Å²) in [6.45, 7) is 11.4. The molecule has 0 radical (unpaired) electrons. The summed E-state index contributed by atoms with van der Waals surface area (Å²) in [5.41, 5.74) is 1.64. The van der Waals surface area contributed by atoms with Crippen LogP contribution in [0.5, 0.6) is 5.75 Å². The maximum atomic E-state index is 12.9. The van der Waals surface area contributed by atoms with Crippen molar-refractivity contribution in [1.82, 2.24) is 9.97 Å². The van der Waals surface area contributed by atoms with Gasteiger partial charge in [-0.3, -0.25) is 4.79 Å². The molecule has 6 heteroatoms. The highest BCUT2D eigenvalue weighted by atomic mass is 28.4. The number of Topliss-reactive ketones (excluding diaryl/α,β-unsaturated/α-hetero) is 1. The molecule has 0 saturated heterocycles. The van der Waals surface area contributed by atoms with E-state index in [9.17, 15) is 4.79 Å². The largest absolute Gasteiger partial charge is 0.497 e. The number of aromatic amines is 1. The van der Waals surface area contributed by atoms with E-state index in [0.29, 0.717) is 5.82 Å². The molecule has 0 atom stereocenters. The van der Waals surface area contributed by atoms with Crippen LogP contribution >= 0.6 is 0 Å². The Morgan fingerprint density at radius 3 is 2.44 bits per heavy atom. The molecule has 0 spiro atoms. The minimum Gasteiger partial charge on any atom is -0.497 e. The fraction of sp³-hybridized carbons (Fsp3) is 0.619. The van der Waals surface area contributed by atoms with E-state index in [1.807, 2.05) is 18.2 Å². The molecule has 1 heterocycles. The summed E-state index contributed by atoms with van der Waals surface area (Å²) < 4.78 is 11.8. The number of fused-ring (bicyclic) bond motifs is 1. The van der Waals surface area contributed by atoms with Crippen LogP contribution in [-0.4, -0.2) is 37.3 Å². The van der Waals surface area contributed by atoms with E-state index in [4.69, 9.17) is 9.16 Å². The van der Waals surface area contributed by atoms with Crippen molar-refractivity contribution in [1.29, 1.82) is 0 Å². The van der Waals surface area contributed by atoms with Gasteiger partial charge in [0.2, 0.25) is 5.78 Å². The highest BCUT2D eigenvalue weighted by Gasteiger charge is 2.40. The first-order valence-corrected chi connectivity index (χ1v) is 12.8. The van der Waals surface area contributed by atoms with Gasteiger partial charge < -0.3 is 14.1 Å². The number of carbonyl (C=O) groups is 1. The summed E-state index contributed by atoms with van der Waals surface area (Å²) >= 11 is 0. The number of nitrogens with one attached hydrogen (secondary N) is 1. The molecular weight excluding hydrogens is 356 g/mol. The van der Waals surface area contributed by atoms with Gasteiger partial charge in [-0.1, -0.05) is 20.8 Å². The molecule has 0 bridgehead atoms. The second-order valence-electron chi connectivity index (χ2n) is 9.18. The highest BCUT2D eigenvalue weighted by Crippen LogP contribution is 2.40. The van der Waals surface area contributed by atoms with Crippen molar-refractivity contribution in [2.75, 3.05) is 7.11 Å². The second-order valence-corrected chi connectivity index (χ2v) is 13.9. The lowest BCUT2D eigenvalue weighted by molar-refractivity contribution is 0.0776. The van der Waals surface area contributed by atoms with E-state index in [2.05, 4.69) is 43.8 Å². The molecule has 1 fully saturated rings. The molecule has 3 rings (SSSR count). The lowest BCUT2D eigenvalue weighted by Crippen LogP contribution is -2.45. The van der Waals surface area contributed by atoms with E-state index in [1.165, 1.54) is 0 Å². The Balaban J connectivity index is 1.63. The minimum atomic E-state index is -1.75. The SMILES string of the molecule is COc1ccc2nc(C(=O)C3CCC(O[Si](C)(C)C(C)(C)C)CC3)[nH]c2c1. The quantitative estimate of drug-likeness (QED) is 0.555. The van der Waals surface area contributed by atoms with E-state index < -0.39 is 8.32 Å². The van der Waals surface area contributed by atoms with E-state index >= 15 is 0 Å². The van der Waals surface area contributed by atoms with Crippen LogP contribution in [0.1, 0.15) is 57.1 Å². The number of hydrogen-bond acceptors (Lipinski definition) is 4. The number of ketones is 1. The van der Waals surface area contributed by atoms with E-state index in [-0.39, 0.29) is 22.8 Å². The molecule has 1 aromatic carbocycles. The molecule has 0 amide bonds. The van der Waals surface area contributed by atoms with Gasteiger partial charge >= 0.3 is 0 Å². The van der Waals surface area contributed by atoms with Gasteiger partial charge in [-0.05, 0) is 55.9 Å². The summed E-state index contributed by atoms with van der Waals surface area (Å²) in [4.78, 5) is 20.6. The first-order valence-electron chi connectivity index (χ1n) is 9.86. The number of carbonyl (C=O) groups excluding carboxylic acids is 1. The standard InChI is InChI=1S/C21H32N2O3Si/c1-21(2,3)27(5,6)26-15-9-7-14(8-10-15)19(24)20-22-17-12-11-16(25-4)13-18(17)23-20/h11-15H,7-10H2,1-6H3,(H,22,23). The highest BCUT2D eigenvalue weighted by molar-refractivity contribution is 6.74. The van der Waals surface area contributed by atoms with Crippen molar-refractivity contribution >= 4 is 25.1 Å². The zero-order chi connectivity index (χ0) is 19.8. The zero-order valence-corrected chi connectivity index (χ0v) is 18.4. The Hall–Kier alpha value is -1.66. The van der Waals surface area contributed by atoms with Crippen LogP contribution in [0.4, 0.5) is 0 Å². The zero-order valence-electron chi connectivity index (χ0n) is 17.4. The number of nitrogens with zero attached hydrogens (tertiary/aromatic N) is 1. The van der Waals surface area contributed by atoms with Crippen LogP contribution in [0.2, 0.25) is 18.1 Å².